The quantitative estimate of drug-likeness (QED) is 0.144. The zero-order chi connectivity index (χ0) is 49.4. The summed E-state index contributed by atoms with van der Waals surface area (Å²) in [5.74, 6) is 1.58. The van der Waals surface area contributed by atoms with Crippen LogP contribution in [-0.2, 0) is 29.0 Å². The van der Waals surface area contributed by atoms with E-state index in [0.29, 0.717) is 49.8 Å². The molecule has 0 aliphatic carbocycles. The molecule has 0 atom stereocenters. The molecule has 2 aromatic heterocycles. The number of imide groups is 1. The number of piperazine rings is 1. The highest BCUT2D eigenvalue weighted by Crippen LogP contribution is 2.40. The van der Waals surface area contributed by atoms with Gasteiger partial charge in [0.1, 0.15) is 23.6 Å². The monoisotopic (exact) mass is 964 g/mol. The van der Waals surface area contributed by atoms with Crippen LogP contribution in [0.4, 0.5) is 49.7 Å². The van der Waals surface area contributed by atoms with Crippen molar-refractivity contribution in [2.24, 2.45) is 0 Å². The topological polar surface area (TPSA) is 152 Å². The van der Waals surface area contributed by atoms with E-state index in [0.717, 1.165) is 116 Å². The Morgan fingerprint density at radius 2 is 1.52 bits per heavy atom. The fourth-order valence-corrected chi connectivity index (χ4v) is 10.6. The number of carbonyl (C=O) groups is 3. The molecule has 5 aliphatic heterocycles. The molecule has 10 rings (SSSR count). The number of ether oxygens (including phenoxy) is 3. The standard InChI is InChI=1S/C54H65N11O6/c1-36-31-43(13-16-46(36)63-24-20-48(66)65(52(63)67)34-38-7-14-44(69-6)15-8-38)59-22-18-42(19-23-59)61-27-25-60(26-28-61)41-11-9-40(10-12-41)57-51-56-32-39-17-21-62(35-45(39)58-51)47-33-55-50-49(37(47)2)64(29-30-70-50)53(68)71-54(3,4)5/h7-16,31-33,42H,17-30,34-35H2,1-6H3,(H,56,57,58). The summed E-state index contributed by atoms with van der Waals surface area (Å²) in [5, 5.41) is 3.44. The van der Waals surface area contributed by atoms with Crippen LogP contribution in [0.1, 0.15) is 68.0 Å². The molecule has 5 aliphatic rings. The van der Waals surface area contributed by atoms with Gasteiger partial charge < -0.3 is 34.2 Å². The molecule has 3 aromatic carbocycles. The van der Waals surface area contributed by atoms with Crippen LogP contribution >= 0.6 is 0 Å². The summed E-state index contributed by atoms with van der Waals surface area (Å²) in [6.45, 7) is 18.3. The van der Waals surface area contributed by atoms with Gasteiger partial charge in [-0.25, -0.2) is 24.5 Å². The Labute approximate surface area is 416 Å². The van der Waals surface area contributed by atoms with Crippen LogP contribution < -0.4 is 39.3 Å². The van der Waals surface area contributed by atoms with Gasteiger partial charge in [-0.15, -0.1) is 0 Å². The molecule has 0 saturated carbocycles. The molecule has 372 valence electrons. The summed E-state index contributed by atoms with van der Waals surface area (Å²) in [4.78, 5) is 68.7. The number of fused-ring (bicyclic) bond motifs is 2. The maximum Gasteiger partial charge on any atom is 0.415 e. The summed E-state index contributed by atoms with van der Waals surface area (Å²) < 4.78 is 16.9. The highest BCUT2D eigenvalue weighted by molar-refractivity contribution is 6.06. The van der Waals surface area contributed by atoms with Crippen LogP contribution in [-0.4, -0.2) is 127 Å². The third-order valence-corrected chi connectivity index (χ3v) is 14.4. The number of aromatic nitrogens is 3. The Hall–Kier alpha value is -7.14. The first-order valence-corrected chi connectivity index (χ1v) is 25.0. The van der Waals surface area contributed by atoms with Gasteiger partial charge in [-0.2, -0.15) is 0 Å². The third-order valence-electron chi connectivity index (χ3n) is 14.4. The van der Waals surface area contributed by atoms with Crippen molar-refractivity contribution in [2.45, 2.75) is 85.0 Å². The fourth-order valence-electron chi connectivity index (χ4n) is 10.6. The van der Waals surface area contributed by atoms with E-state index in [2.05, 4.69) is 78.2 Å². The Morgan fingerprint density at radius 3 is 2.24 bits per heavy atom. The zero-order valence-corrected chi connectivity index (χ0v) is 41.8. The van der Waals surface area contributed by atoms with Gasteiger partial charge in [-0.3, -0.25) is 24.4 Å². The Balaban J connectivity index is 0.699. The average Bonchev–Trinajstić information content (AvgIpc) is 3.37. The number of anilines is 7. The molecule has 0 bridgehead atoms. The molecular formula is C54H65N11O6. The van der Waals surface area contributed by atoms with E-state index in [-0.39, 0.29) is 24.9 Å². The maximum absolute atomic E-state index is 13.7. The zero-order valence-electron chi connectivity index (χ0n) is 41.8. The first-order valence-electron chi connectivity index (χ1n) is 25.0. The minimum Gasteiger partial charge on any atom is -0.497 e. The third kappa shape index (κ3) is 10.2. The number of urea groups is 1. The van der Waals surface area contributed by atoms with Crippen molar-refractivity contribution in [1.29, 1.82) is 0 Å². The van der Waals surface area contributed by atoms with Gasteiger partial charge in [0.15, 0.2) is 0 Å². The minimum absolute atomic E-state index is 0.152. The highest BCUT2D eigenvalue weighted by atomic mass is 16.6. The number of rotatable bonds is 10. The van der Waals surface area contributed by atoms with Crippen molar-refractivity contribution in [2.75, 3.05) is 102 Å². The predicted octanol–water partition coefficient (Wildman–Crippen LogP) is 8.09. The van der Waals surface area contributed by atoms with Crippen LogP contribution in [0.2, 0.25) is 0 Å². The molecule has 3 saturated heterocycles. The van der Waals surface area contributed by atoms with Crippen molar-refractivity contribution in [3.8, 4) is 11.6 Å². The average molecular weight is 964 g/mol. The molecule has 1 N–H and O–H groups in total. The second-order valence-electron chi connectivity index (χ2n) is 20.1. The number of hydrogen-bond donors (Lipinski definition) is 1. The molecule has 0 radical (unpaired) electrons. The van der Waals surface area contributed by atoms with Gasteiger partial charge in [0.2, 0.25) is 17.7 Å². The molecular weight excluding hydrogens is 899 g/mol. The largest absolute Gasteiger partial charge is 0.497 e. The Morgan fingerprint density at radius 1 is 0.789 bits per heavy atom. The number of pyridine rings is 1. The van der Waals surface area contributed by atoms with Crippen molar-refractivity contribution in [3.63, 3.8) is 0 Å². The molecule has 0 spiro atoms. The minimum atomic E-state index is -0.620. The summed E-state index contributed by atoms with van der Waals surface area (Å²) in [7, 11) is 1.62. The van der Waals surface area contributed by atoms with Crippen LogP contribution in [0.25, 0.3) is 0 Å². The van der Waals surface area contributed by atoms with Gasteiger partial charge in [0.05, 0.1) is 44.3 Å². The first-order chi connectivity index (χ1) is 34.3. The van der Waals surface area contributed by atoms with Gasteiger partial charge in [0.25, 0.3) is 0 Å². The van der Waals surface area contributed by atoms with E-state index in [1.54, 1.807) is 16.9 Å². The first kappa shape index (κ1) is 47.5. The van der Waals surface area contributed by atoms with Crippen molar-refractivity contribution in [1.82, 2.24) is 24.8 Å². The van der Waals surface area contributed by atoms with Crippen LogP contribution in [0.5, 0.6) is 11.6 Å². The van der Waals surface area contributed by atoms with Gasteiger partial charge in [0, 0.05) is 99.3 Å². The Kier molecular flexibility index (Phi) is 13.3. The van der Waals surface area contributed by atoms with Gasteiger partial charge >= 0.3 is 12.1 Å². The number of hydrogen-bond acceptors (Lipinski definition) is 14. The molecule has 3 fully saturated rings. The van der Waals surface area contributed by atoms with Crippen LogP contribution in [0, 0.1) is 13.8 Å². The number of amides is 4. The lowest BCUT2D eigenvalue weighted by atomic mass is 10.0. The van der Waals surface area contributed by atoms with E-state index >= 15 is 0 Å². The van der Waals surface area contributed by atoms with Gasteiger partial charge in [-0.1, -0.05) is 12.1 Å². The van der Waals surface area contributed by atoms with E-state index in [4.69, 9.17) is 19.2 Å². The lowest BCUT2D eigenvalue weighted by Crippen LogP contribution is -2.53. The molecule has 17 heteroatoms. The molecule has 17 nitrogen and oxygen atoms in total. The molecule has 0 unspecified atom stereocenters. The van der Waals surface area contributed by atoms with Gasteiger partial charge in [-0.05, 0) is 125 Å². The summed E-state index contributed by atoms with van der Waals surface area (Å²) in [5.41, 5.74) is 10.0. The Bertz CT molecular complexity index is 2770. The lowest BCUT2D eigenvalue weighted by Gasteiger charge is -2.44. The number of carbonyl (C=O) groups excluding carboxylic acids is 3. The van der Waals surface area contributed by atoms with Crippen molar-refractivity contribution >= 4 is 58.1 Å². The van der Waals surface area contributed by atoms with E-state index in [1.807, 2.05) is 70.4 Å². The number of aryl methyl sites for hydroxylation is 1. The molecule has 4 amide bonds. The maximum atomic E-state index is 13.7. The summed E-state index contributed by atoms with van der Waals surface area (Å²) in [6.07, 6.45) is 6.64. The van der Waals surface area contributed by atoms with E-state index in [9.17, 15) is 14.4 Å². The fraction of sp³-hybridized carbons (Fsp3) is 0.444. The normalized spacial score (nSPS) is 18.0. The summed E-state index contributed by atoms with van der Waals surface area (Å²) in [6, 6.07) is 22.7. The molecule has 7 heterocycles. The van der Waals surface area contributed by atoms with E-state index in [1.165, 1.54) is 16.3 Å². The second-order valence-corrected chi connectivity index (χ2v) is 20.1. The van der Waals surface area contributed by atoms with Crippen LogP contribution in [0.15, 0.2) is 79.1 Å². The van der Waals surface area contributed by atoms with Crippen molar-refractivity contribution < 1.29 is 28.6 Å². The van der Waals surface area contributed by atoms with E-state index < -0.39 is 11.7 Å². The lowest BCUT2D eigenvalue weighted by molar-refractivity contribution is -0.129. The smallest absolute Gasteiger partial charge is 0.415 e. The van der Waals surface area contributed by atoms with Crippen molar-refractivity contribution in [3.05, 3.63) is 107 Å². The highest BCUT2D eigenvalue weighted by Gasteiger charge is 2.36. The second kappa shape index (κ2) is 19.9. The number of methoxy groups -OCH3 is 1. The number of nitrogens with one attached hydrogen (secondary N) is 1. The SMILES string of the molecule is COc1ccc(CN2C(=O)CCN(c3ccc(N4CCC(N5CCN(c6ccc(Nc7ncc8c(n7)CN(c7cnc9c(c7C)N(C(=O)OC(C)(C)C)CCO9)CC8)cc6)CC5)CC4)cc3C)C2=O)cc1. The summed E-state index contributed by atoms with van der Waals surface area (Å²) >= 11 is 0. The number of nitrogens with zero attached hydrogens (tertiary/aromatic N) is 10. The number of piperidine rings is 1. The predicted molar refractivity (Wildman–Crippen MR) is 276 cm³/mol. The van der Waals surface area contributed by atoms with Crippen LogP contribution in [0.3, 0.4) is 0 Å². The molecule has 5 aromatic rings. The molecule has 71 heavy (non-hydrogen) atoms. The number of benzene rings is 3.